The molecular formula is C12H22N2O3. The fraction of sp³-hybridized carbons (Fsp3) is 0.833. The Hall–Kier alpha value is -1.10. The van der Waals surface area contributed by atoms with E-state index in [9.17, 15) is 9.59 Å². The van der Waals surface area contributed by atoms with Crippen LogP contribution in [0.4, 0.5) is 0 Å². The van der Waals surface area contributed by atoms with E-state index in [1.807, 2.05) is 13.8 Å². The highest BCUT2D eigenvalue weighted by Gasteiger charge is 2.29. The summed E-state index contributed by atoms with van der Waals surface area (Å²) >= 11 is 0. The van der Waals surface area contributed by atoms with E-state index in [1.165, 1.54) is 0 Å². The van der Waals surface area contributed by atoms with Gasteiger partial charge in [-0.25, -0.2) is 4.79 Å². The summed E-state index contributed by atoms with van der Waals surface area (Å²) in [6.07, 6.45) is 2.55. The molecule has 5 nitrogen and oxygen atoms in total. The van der Waals surface area contributed by atoms with Gasteiger partial charge in [-0.3, -0.25) is 4.79 Å². The first-order chi connectivity index (χ1) is 8.06. The number of carboxylic acids is 1. The van der Waals surface area contributed by atoms with Crippen LogP contribution in [0, 0.1) is 11.8 Å². The molecule has 1 aliphatic heterocycles. The zero-order valence-electron chi connectivity index (χ0n) is 10.5. The van der Waals surface area contributed by atoms with Crippen molar-refractivity contribution in [3.8, 4) is 0 Å². The highest BCUT2D eigenvalue weighted by molar-refractivity contribution is 5.85. The van der Waals surface area contributed by atoms with Crippen LogP contribution in [-0.4, -0.2) is 36.1 Å². The third-order valence-electron chi connectivity index (χ3n) is 3.44. The van der Waals surface area contributed by atoms with Gasteiger partial charge in [-0.1, -0.05) is 20.3 Å². The SMILES string of the molecule is CCC(C)[C@H](NC(=O)[C@@H]1CCCNC1)C(=O)O. The molecule has 1 amide bonds. The zero-order chi connectivity index (χ0) is 12.8. The van der Waals surface area contributed by atoms with Crippen LogP contribution < -0.4 is 10.6 Å². The first kappa shape index (κ1) is 14.0. The van der Waals surface area contributed by atoms with Crippen molar-refractivity contribution in [1.29, 1.82) is 0 Å². The summed E-state index contributed by atoms with van der Waals surface area (Å²) in [4.78, 5) is 23.0. The van der Waals surface area contributed by atoms with Gasteiger partial charge in [0, 0.05) is 6.54 Å². The lowest BCUT2D eigenvalue weighted by molar-refractivity contribution is -0.144. The minimum Gasteiger partial charge on any atom is -0.480 e. The normalized spacial score (nSPS) is 23.8. The summed E-state index contributed by atoms with van der Waals surface area (Å²) in [7, 11) is 0. The number of aliphatic carboxylic acids is 1. The van der Waals surface area contributed by atoms with Crippen molar-refractivity contribution in [2.24, 2.45) is 11.8 Å². The van der Waals surface area contributed by atoms with Gasteiger partial charge in [0.05, 0.1) is 5.92 Å². The highest BCUT2D eigenvalue weighted by atomic mass is 16.4. The third kappa shape index (κ3) is 4.00. The van der Waals surface area contributed by atoms with E-state index in [1.54, 1.807) is 0 Å². The molecule has 0 aromatic carbocycles. The number of amides is 1. The van der Waals surface area contributed by atoms with Crippen LogP contribution >= 0.6 is 0 Å². The maximum Gasteiger partial charge on any atom is 0.326 e. The molecule has 3 atom stereocenters. The molecule has 1 aliphatic rings. The minimum atomic E-state index is -0.948. The van der Waals surface area contributed by atoms with Gasteiger partial charge in [0.15, 0.2) is 0 Å². The topological polar surface area (TPSA) is 78.4 Å². The first-order valence-corrected chi connectivity index (χ1v) is 6.30. The lowest BCUT2D eigenvalue weighted by atomic mass is 9.95. The molecular weight excluding hydrogens is 220 g/mol. The van der Waals surface area contributed by atoms with Crippen LogP contribution in [0.25, 0.3) is 0 Å². The molecule has 1 rings (SSSR count). The number of carboxylic acid groups (broad SMARTS) is 1. The number of rotatable bonds is 5. The summed E-state index contributed by atoms with van der Waals surface area (Å²) in [6.45, 7) is 5.36. The van der Waals surface area contributed by atoms with E-state index >= 15 is 0 Å². The first-order valence-electron chi connectivity index (χ1n) is 6.30. The molecule has 0 bridgehead atoms. The number of carbonyl (C=O) groups is 2. The molecule has 0 saturated carbocycles. The standard InChI is InChI=1S/C12H22N2O3/c1-3-8(2)10(12(16)17)14-11(15)9-5-4-6-13-7-9/h8-10,13H,3-7H2,1-2H3,(H,14,15)(H,16,17)/t8?,9-,10+/m1/s1. The summed E-state index contributed by atoms with van der Waals surface area (Å²) < 4.78 is 0. The van der Waals surface area contributed by atoms with Crippen LogP contribution in [0.3, 0.4) is 0 Å². The van der Waals surface area contributed by atoms with Gasteiger partial charge in [0.25, 0.3) is 0 Å². The molecule has 5 heteroatoms. The summed E-state index contributed by atoms with van der Waals surface area (Å²) in [5.74, 6) is -1.22. The van der Waals surface area contributed by atoms with Crippen molar-refractivity contribution >= 4 is 11.9 Å². The molecule has 0 radical (unpaired) electrons. The van der Waals surface area contributed by atoms with Gasteiger partial charge in [0.1, 0.15) is 6.04 Å². The lowest BCUT2D eigenvalue weighted by Gasteiger charge is -2.26. The average Bonchev–Trinajstić information content (AvgIpc) is 2.35. The Morgan fingerprint density at radius 3 is 2.71 bits per heavy atom. The largest absolute Gasteiger partial charge is 0.480 e. The number of nitrogens with one attached hydrogen (secondary N) is 2. The Bertz CT molecular complexity index is 275. The van der Waals surface area contributed by atoms with Crippen LogP contribution in [0.5, 0.6) is 0 Å². The summed E-state index contributed by atoms with van der Waals surface area (Å²) in [6, 6.07) is -0.769. The van der Waals surface area contributed by atoms with Gasteiger partial charge in [-0.2, -0.15) is 0 Å². The number of hydrogen-bond acceptors (Lipinski definition) is 3. The van der Waals surface area contributed by atoms with E-state index in [-0.39, 0.29) is 17.7 Å². The van der Waals surface area contributed by atoms with Crippen molar-refractivity contribution in [3.63, 3.8) is 0 Å². The Labute approximate surface area is 102 Å². The molecule has 17 heavy (non-hydrogen) atoms. The van der Waals surface area contributed by atoms with E-state index in [2.05, 4.69) is 10.6 Å². The van der Waals surface area contributed by atoms with Crippen LogP contribution in [0.15, 0.2) is 0 Å². The smallest absolute Gasteiger partial charge is 0.326 e. The van der Waals surface area contributed by atoms with Crippen LogP contribution in [0.1, 0.15) is 33.1 Å². The maximum atomic E-state index is 11.9. The third-order valence-corrected chi connectivity index (χ3v) is 3.44. The van der Waals surface area contributed by atoms with Crippen LogP contribution in [0.2, 0.25) is 0 Å². The monoisotopic (exact) mass is 242 g/mol. The zero-order valence-corrected chi connectivity index (χ0v) is 10.5. The van der Waals surface area contributed by atoms with Gasteiger partial charge in [0.2, 0.25) is 5.91 Å². The van der Waals surface area contributed by atoms with Crippen molar-refractivity contribution < 1.29 is 14.7 Å². The predicted molar refractivity (Wildman–Crippen MR) is 64.6 cm³/mol. The molecule has 0 spiro atoms. The summed E-state index contributed by atoms with van der Waals surface area (Å²) in [5, 5.41) is 14.9. The number of piperidine rings is 1. The fourth-order valence-electron chi connectivity index (χ4n) is 2.03. The lowest BCUT2D eigenvalue weighted by Crippen LogP contribution is -2.49. The van der Waals surface area contributed by atoms with Crippen LogP contribution in [-0.2, 0) is 9.59 Å². The van der Waals surface area contributed by atoms with Crippen molar-refractivity contribution in [3.05, 3.63) is 0 Å². The molecule has 1 heterocycles. The molecule has 3 N–H and O–H groups in total. The molecule has 1 fully saturated rings. The Morgan fingerprint density at radius 1 is 1.53 bits per heavy atom. The molecule has 0 aromatic heterocycles. The fourth-order valence-corrected chi connectivity index (χ4v) is 2.03. The van der Waals surface area contributed by atoms with Gasteiger partial charge in [-0.15, -0.1) is 0 Å². The average molecular weight is 242 g/mol. The van der Waals surface area contributed by atoms with Crippen molar-refractivity contribution in [2.75, 3.05) is 13.1 Å². The second-order valence-corrected chi connectivity index (χ2v) is 4.75. The van der Waals surface area contributed by atoms with E-state index in [4.69, 9.17) is 5.11 Å². The van der Waals surface area contributed by atoms with E-state index in [0.29, 0.717) is 6.54 Å². The van der Waals surface area contributed by atoms with Gasteiger partial charge in [-0.05, 0) is 25.3 Å². The highest BCUT2D eigenvalue weighted by Crippen LogP contribution is 2.13. The Balaban J connectivity index is 2.53. The van der Waals surface area contributed by atoms with Gasteiger partial charge >= 0.3 is 5.97 Å². The molecule has 0 aromatic rings. The molecule has 0 aliphatic carbocycles. The minimum absolute atomic E-state index is 0.0481. The molecule has 1 saturated heterocycles. The van der Waals surface area contributed by atoms with E-state index < -0.39 is 12.0 Å². The van der Waals surface area contributed by atoms with Crippen molar-refractivity contribution in [1.82, 2.24) is 10.6 Å². The molecule has 1 unspecified atom stereocenters. The quantitative estimate of drug-likeness (QED) is 0.659. The second-order valence-electron chi connectivity index (χ2n) is 4.75. The van der Waals surface area contributed by atoms with Gasteiger partial charge < -0.3 is 15.7 Å². The van der Waals surface area contributed by atoms with Crippen molar-refractivity contribution in [2.45, 2.75) is 39.2 Å². The summed E-state index contributed by atoms with van der Waals surface area (Å²) in [5.41, 5.74) is 0. The Morgan fingerprint density at radius 2 is 2.24 bits per heavy atom. The number of hydrogen-bond donors (Lipinski definition) is 3. The second kappa shape index (κ2) is 6.59. The maximum absolute atomic E-state index is 11.9. The predicted octanol–water partition coefficient (Wildman–Crippen LogP) is 0.602. The molecule has 98 valence electrons. The number of carbonyl (C=O) groups excluding carboxylic acids is 1. The van der Waals surface area contributed by atoms with E-state index in [0.717, 1.165) is 25.8 Å². The Kier molecular flexibility index (Phi) is 5.41.